The van der Waals surface area contributed by atoms with Crippen molar-refractivity contribution in [3.8, 4) is 0 Å². The number of aromatic nitrogens is 1. The van der Waals surface area contributed by atoms with E-state index >= 15 is 0 Å². The van der Waals surface area contributed by atoms with Crippen molar-refractivity contribution in [3.05, 3.63) is 64.8 Å². The summed E-state index contributed by atoms with van der Waals surface area (Å²) in [6.45, 7) is 1.58. The second-order valence-corrected chi connectivity index (χ2v) is 7.26. The predicted octanol–water partition coefficient (Wildman–Crippen LogP) is 4.82. The lowest BCUT2D eigenvalue weighted by Crippen LogP contribution is -2.29. The summed E-state index contributed by atoms with van der Waals surface area (Å²) >= 11 is 3.34. The van der Waals surface area contributed by atoms with Crippen LogP contribution in [-0.2, 0) is 20.7 Å². The van der Waals surface area contributed by atoms with E-state index in [1.807, 2.05) is 36.5 Å². The molecule has 1 unspecified atom stereocenters. The normalized spacial score (nSPS) is 11.9. The zero-order valence-corrected chi connectivity index (χ0v) is 16.6. The molecule has 1 amide bonds. The fourth-order valence-corrected chi connectivity index (χ4v) is 3.11. The van der Waals surface area contributed by atoms with E-state index in [1.54, 1.807) is 19.1 Å². The summed E-state index contributed by atoms with van der Waals surface area (Å²) in [7, 11) is 0. The molecule has 0 aliphatic heterocycles. The van der Waals surface area contributed by atoms with Gasteiger partial charge in [-0.05, 0) is 55.7 Å². The molecule has 1 atom stereocenters. The molecule has 1 heterocycles. The van der Waals surface area contributed by atoms with Gasteiger partial charge in [-0.15, -0.1) is 0 Å². The van der Waals surface area contributed by atoms with Crippen LogP contribution in [0.1, 0.15) is 25.3 Å². The van der Waals surface area contributed by atoms with Crippen molar-refractivity contribution in [3.63, 3.8) is 0 Å². The van der Waals surface area contributed by atoms with Gasteiger partial charge in [-0.1, -0.05) is 34.1 Å². The molecule has 6 heteroatoms. The minimum Gasteiger partial charge on any atom is -0.453 e. The highest BCUT2D eigenvalue weighted by Gasteiger charge is 2.18. The SMILES string of the molecule is CC(OC(=O)CCCc1c[nH]c2ccccc12)C(=O)Nc1ccc(Br)cc1. The number of aryl methyl sites for hydroxylation is 1. The third-order valence-corrected chi connectivity index (χ3v) is 4.82. The molecule has 140 valence electrons. The highest BCUT2D eigenvalue weighted by Crippen LogP contribution is 2.19. The number of carbonyl (C=O) groups excluding carboxylic acids is 2. The Morgan fingerprint density at radius 3 is 2.67 bits per heavy atom. The Hall–Kier alpha value is -2.60. The van der Waals surface area contributed by atoms with E-state index in [-0.39, 0.29) is 18.3 Å². The molecule has 27 heavy (non-hydrogen) atoms. The van der Waals surface area contributed by atoms with Crippen LogP contribution in [0.2, 0.25) is 0 Å². The third kappa shape index (κ3) is 5.20. The number of hydrogen-bond donors (Lipinski definition) is 2. The Labute approximate surface area is 166 Å². The van der Waals surface area contributed by atoms with Gasteiger partial charge in [0, 0.05) is 33.7 Å². The van der Waals surface area contributed by atoms with Crippen LogP contribution < -0.4 is 5.32 Å². The van der Waals surface area contributed by atoms with Crippen LogP contribution in [0, 0.1) is 0 Å². The van der Waals surface area contributed by atoms with Crippen LogP contribution in [0.4, 0.5) is 5.69 Å². The Morgan fingerprint density at radius 1 is 1.15 bits per heavy atom. The number of esters is 1. The molecule has 0 bridgehead atoms. The van der Waals surface area contributed by atoms with Gasteiger partial charge in [-0.25, -0.2) is 0 Å². The number of nitrogens with one attached hydrogen (secondary N) is 2. The van der Waals surface area contributed by atoms with Gasteiger partial charge in [0.15, 0.2) is 6.10 Å². The second kappa shape index (κ2) is 8.86. The largest absolute Gasteiger partial charge is 0.453 e. The molecular formula is C21H21BrN2O3. The minimum absolute atomic E-state index is 0.273. The molecule has 0 radical (unpaired) electrons. The van der Waals surface area contributed by atoms with Crippen molar-refractivity contribution in [1.29, 1.82) is 0 Å². The van der Waals surface area contributed by atoms with E-state index < -0.39 is 6.10 Å². The first-order chi connectivity index (χ1) is 13.0. The van der Waals surface area contributed by atoms with E-state index in [9.17, 15) is 9.59 Å². The fraction of sp³-hybridized carbons (Fsp3) is 0.238. The van der Waals surface area contributed by atoms with Gasteiger partial charge in [0.05, 0.1) is 0 Å². The quantitative estimate of drug-likeness (QED) is 0.529. The predicted molar refractivity (Wildman–Crippen MR) is 110 cm³/mol. The van der Waals surface area contributed by atoms with Crippen LogP contribution >= 0.6 is 15.9 Å². The van der Waals surface area contributed by atoms with Gasteiger partial charge in [0.2, 0.25) is 0 Å². The number of anilines is 1. The van der Waals surface area contributed by atoms with Crippen molar-refractivity contribution < 1.29 is 14.3 Å². The average Bonchev–Trinajstić information content (AvgIpc) is 3.07. The Morgan fingerprint density at radius 2 is 1.89 bits per heavy atom. The van der Waals surface area contributed by atoms with Crippen LogP contribution in [0.15, 0.2) is 59.2 Å². The Bertz CT molecular complexity index is 934. The minimum atomic E-state index is -0.839. The van der Waals surface area contributed by atoms with Crippen LogP contribution in [-0.4, -0.2) is 23.0 Å². The first kappa shape index (κ1) is 19.2. The van der Waals surface area contributed by atoms with Crippen molar-refractivity contribution in [2.24, 2.45) is 0 Å². The molecule has 5 nitrogen and oxygen atoms in total. The number of hydrogen-bond acceptors (Lipinski definition) is 3. The lowest BCUT2D eigenvalue weighted by Gasteiger charge is -2.13. The molecule has 0 fully saturated rings. The standard InChI is InChI=1S/C21H21BrN2O3/c1-14(21(26)24-17-11-9-16(22)10-12-17)27-20(25)8-4-5-15-13-23-19-7-3-2-6-18(15)19/h2-3,6-7,9-14,23H,4-5,8H2,1H3,(H,24,26). The Kier molecular flexibility index (Phi) is 6.29. The van der Waals surface area contributed by atoms with Gasteiger partial charge >= 0.3 is 5.97 Å². The number of para-hydroxylation sites is 1. The topological polar surface area (TPSA) is 71.2 Å². The van der Waals surface area contributed by atoms with Crippen molar-refractivity contribution in [1.82, 2.24) is 4.98 Å². The maximum atomic E-state index is 12.1. The number of H-pyrrole nitrogens is 1. The molecule has 0 saturated carbocycles. The van der Waals surface area contributed by atoms with Gasteiger partial charge in [-0.2, -0.15) is 0 Å². The molecule has 0 spiro atoms. The van der Waals surface area contributed by atoms with E-state index in [1.165, 1.54) is 10.9 Å². The number of benzene rings is 2. The zero-order chi connectivity index (χ0) is 19.2. The lowest BCUT2D eigenvalue weighted by atomic mass is 10.1. The maximum absolute atomic E-state index is 12.1. The number of rotatable bonds is 7. The van der Waals surface area contributed by atoms with Crippen LogP contribution in [0.25, 0.3) is 10.9 Å². The van der Waals surface area contributed by atoms with Crippen molar-refractivity contribution >= 4 is 44.4 Å². The summed E-state index contributed by atoms with van der Waals surface area (Å²) in [5, 5.41) is 3.91. The number of amides is 1. The molecule has 3 rings (SSSR count). The molecule has 3 aromatic rings. The van der Waals surface area contributed by atoms with Crippen LogP contribution in [0.5, 0.6) is 0 Å². The first-order valence-corrected chi connectivity index (χ1v) is 9.63. The number of halogens is 1. The van der Waals surface area contributed by atoms with Crippen molar-refractivity contribution in [2.75, 3.05) is 5.32 Å². The smallest absolute Gasteiger partial charge is 0.306 e. The number of ether oxygens (including phenoxy) is 1. The summed E-state index contributed by atoms with van der Waals surface area (Å²) < 4.78 is 6.17. The van der Waals surface area contributed by atoms with Crippen molar-refractivity contribution in [2.45, 2.75) is 32.3 Å². The molecule has 2 aromatic carbocycles. The number of fused-ring (bicyclic) bond motifs is 1. The number of aromatic amines is 1. The van der Waals surface area contributed by atoms with Crippen LogP contribution in [0.3, 0.4) is 0 Å². The van der Waals surface area contributed by atoms with E-state index in [0.29, 0.717) is 12.1 Å². The maximum Gasteiger partial charge on any atom is 0.306 e. The first-order valence-electron chi connectivity index (χ1n) is 8.84. The van der Waals surface area contributed by atoms with E-state index in [0.717, 1.165) is 16.4 Å². The van der Waals surface area contributed by atoms with Gasteiger partial charge in [0.25, 0.3) is 5.91 Å². The summed E-state index contributed by atoms with van der Waals surface area (Å²) in [6, 6.07) is 15.3. The lowest BCUT2D eigenvalue weighted by molar-refractivity contribution is -0.153. The summed E-state index contributed by atoms with van der Waals surface area (Å²) in [5.41, 5.74) is 2.93. The summed E-state index contributed by atoms with van der Waals surface area (Å²) in [6.07, 6.45) is 2.86. The Balaban J connectivity index is 1.44. The number of carbonyl (C=O) groups is 2. The summed E-state index contributed by atoms with van der Waals surface area (Å²) in [4.78, 5) is 27.4. The van der Waals surface area contributed by atoms with E-state index in [2.05, 4.69) is 32.3 Å². The average molecular weight is 429 g/mol. The second-order valence-electron chi connectivity index (χ2n) is 6.34. The van der Waals surface area contributed by atoms with Gasteiger partial charge < -0.3 is 15.0 Å². The monoisotopic (exact) mass is 428 g/mol. The third-order valence-electron chi connectivity index (χ3n) is 4.29. The zero-order valence-electron chi connectivity index (χ0n) is 15.0. The molecule has 0 saturated heterocycles. The highest BCUT2D eigenvalue weighted by molar-refractivity contribution is 9.10. The fourth-order valence-electron chi connectivity index (χ4n) is 2.85. The highest BCUT2D eigenvalue weighted by atomic mass is 79.9. The summed E-state index contributed by atoms with van der Waals surface area (Å²) in [5.74, 6) is -0.712. The van der Waals surface area contributed by atoms with E-state index in [4.69, 9.17) is 4.74 Å². The molecule has 0 aliphatic carbocycles. The van der Waals surface area contributed by atoms with Gasteiger partial charge in [-0.3, -0.25) is 9.59 Å². The molecular weight excluding hydrogens is 408 g/mol. The molecule has 2 N–H and O–H groups in total. The molecule has 1 aromatic heterocycles. The van der Waals surface area contributed by atoms with Gasteiger partial charge in [0.1, 0.15) is 0 Å². The molecule has 0 aliphatic rings.